The van der Waals surface area contributed by atoms with Gasteiger partial charge in [-0.15, -0.1) is 0 Å². The largest absolute Gasteiger partial charge is 0.383 e. The van der Waals surface area contributed by atoms with Crippen LogP contribution < -0.4 is 15.1 Å². The van der Waals surface area contributed by atoms with Gasteiger partial charge in [-0.25, -0.2) is 13.8 Å². The second kappa shape index (κ2) is 11.8. The second-order valence-electron chi connectivity index (χ2n) is 10.3. The molecular formula is C30H23ClF2N6O4. The van der Waals surface area contributed by atoms with E-state index in [0.717, 1.165) is 9.80 Å². The number of carbonyl (C=O) groups excluding carboxylic acids is 3. The van der Waals surface area contributed by atoms with Crippen molar-refractivity contribution in [3.05, 3.63) is 88.6 Å². The first-order chi connectivity index (χ1) is 20.5. The number of nitrogens with zero attached hydrogens (tertiary/aromatic N) is 5. The van der Waals surface area contributed by atoms with Crippen LogP contribution >= 0.6 is 11.6 Å². The highest BCUT2D eigenvalue weighted by Crippen LogP contribution is 2.40. The fourth-order valence-electron chi connectivity index (χ4n) is 5.26. The lowest BCUT2D eigenvalue weighted by molar-refractivity contribution is -0.133. The first kappa shape index (κ1) is 29.6. The molecule has 5 rings (SSSR count). The molecule has 3 atom stereocenters. The van der Waals surface area contributed by atoms with E-state index in [1.165, 1.54) is 54.7 Å². The highest BCUT2D eigenvalue weighted by Gasteiger charge is 2.50. The van der Waals surface area contributed by atoms with Gasteiger partial charge in [-0.3, -0.25) is 24.2 Å². The van der Waals surface area contributed by atoms with E-state index in [0.29, 0.717) is 0 Å². The van der Waals surface area contributed by atoms with E-state index in [4.69, 9.17) is 11.6 Å². The van der Waals surface area contributed by atoms with E-state index in [-0.39, 0.29) is 39.6 Å². The number of aliphatic hydroxyl groups excluding tert-OH is 1. The van der Waals surface area contributed by atoms with Gasteiger partial charge in [-0.05, 0) is 36.4 Å². The quantitative estimate of drug-likeness (QED) is 0.418. The number of alkyl halides is 2. The number of aliphatic hydroxyl groups is 1. The van der Waals surface area contributed by atoms with Gasteiger partial charge >= 0.3 is 0 Å². The van der Waals surface area contributed by atoms with Crippen molar-refractivity contribution in [1.29, 1.82) is 10.5 Å². The Morgan fingerprint density at radius 2 is 1.79 bits per heavy atom. The van der Waals surface area contributed by atoms with Crippen LogP contribution in [0.5, 0.6) is 0 Å². The summed E-state index contributed by atoms with van der Waals surface area (Å²) in [6.45, 7) is 0. The lowest BCUT2D eigenvalue weighted by Crippen LogP contribution is -2.56. The van der Waals surface area contributed by atoms with Crippen molar-refractivity contribution in [2.45, 2.75) is 49.4 Å². The van der Waals surface area contributed by atoms with Crippen molar-refractivity contribution >= 4 is 40.8 Å². The van der Waals surface area contributed by atoms with E-state index >= 15 is 0 Å². The third-order valence-electron chi connectivity index (χ3n) is 7.32. The van der Waals surface area contributed by atoms with Crippen LogP contribution in [0.15, 0.2) is 66.9 Å². The summed E-state index contributed by atoms with van der Waals surface area (Å²) in [7, 11) is 0. The Hall–Kier alpha value is -4.91. The lowest BCUT2D eigenvalue weighted by Gasteiger charge is -2.39. The molecule has 3 amide bonds. The van der Waals surface area contributed by atoms with Crippen molar-refractivity contribution in [3.8, 4) is 12.1 Å². The van der Waals surface area contributed by atoms with Gasteiger partial charge in [0.15, 0.2) is 0 Å². The Bertz CT molecular complexity index is 1680. The van der Waals surface area contributed by atoms with E-state index in [1.807, 2.05) is 12.1 Å². The molecule has 218 valence electrons. The first-order valence-corrected chi connectivity index (χ1v) is 13.5. The van der Waals surface area contributed by atoms with Gasteiger partial charge in [0.25, 0.3) is 17.7 Å². The Labute approximate surface area is 249 Å². The standard InChI is InChI=1S/C30H23ClF2N6O4/c31-22-7-2-1-6-21(22)26(27(41)37-19-13-30(32,33)14-19)38(20-5-3-4-17(10-20)15-34)28(42)23-12-24(40)29(43)39(23)25-11-18(16-35)8-9-36-25/h1-11,19,23-24,26,40H,12-14H2,(H,37,41)/t23-,24+,26?/m0/s1. The number of rotatable bonds is 7. The molecule has 1 saturated heterocycles. The molecule has 2 aromatic carbocycles. The third kappa shape index (κ3) is 5.89. The number of pyridine rings is 1. The number of hydrogen-bond donors (Lipinski definition) is 2. The van der Waals surface area contributed by atoms with Gasteiger partial charge in [-0.2, -0.15) is 10.5 Å². The van der Waals surface area contributed by atoms with Crippen molar-refractivity contribution in [2.75, 3.05) is 9.80 Å². The number of amides is 3. The Morgan fingerprint density at radius 1 is 1.09 bits per heavy atom. The molecule has 1 unspecified atom stereocenters. The number of aromatic nitrogens is 1. The molecule has 2 aliphatic rings. The fourth-order valence-corrected chi connectivity index (χ4v) is 5.50. The molecule has 2 heterocycles. The molecule has 0 spiro atoms. The number of hydrogen-bond acceptors (Lipinski definition) is 7. The van der Waals surface area contributed by atoms with E-state index in [2.05, 4.69) is 10.3 Å². The molecule has 43 heavy (non-hydrogen) atoms. The minimum atomic E-state index is -2.93. The van der Waals surface area contributed by atoms with Crippen LogP contribution in [0.2, 0.25) is 5.02 Å². The summed E-state index contributed by atoms with van der Waals surface area (Å²) in [5.41, 5.74) is 0.532. The number of anilines is 2. The zero-order chi connectivity index (χ0) is 30.9. The molecular weight excluding hydrogens is 582 g/mol. The van der Waals surface area contributed by atoms with Gasteiger partial charge in [-0.1, -0.05) is 35.9 Å². The van der Waals surface area contributed by atoms with Crippen LogP contribution in [-0.4, -0.2) is 51.9 Å². The van der Waals surface area contributed by atoms with Crippen LogP contribution in [0, 0.1) is 22.7 Å². The van der Waals surface area contributed by atoms with E-state index in [1.54, 1.807) is 12.1 Å². The van der Waals surface area contributed by atoms with Crippen LogP contribution in [0.25, 0.3) is 0 Å². The molecule has 1 aromatic heterocycles. The Balaban J connectivity index is 1.64. The van der Waals surface area contributed by atoms with Crippen LogP contribution in [0.4, 0.5) is 20.3 Å². The van der Waals surface area contributed by atoms with Crippen molar-refractivity contribution in [3.63, 3.8) is 0 Å². The molecule has 2 fully saturated rings. The number of benzene rings is 2. The van der Waals surface area contributed by atoms with Crippen LogP contribution in [0.1, 0.15) is 42.0 Å². The summed E-state index contributed by atoms with van der Waals surface area (Å²) < 4.78 is 27.3. The summed E-state index contributed by atoms with van der Waals surface area (Å²) in [5.74, 6) is -5.50. The van der Waals surface area contributed by atoms with Crippen molar-refractivity contribution < 1.29 is 28.3 Å². The maximum atomic E-state index is 14.6. The average Bonchev–Trinajstić information content (AvgIpc) is 3.28. The van der Waals surface area contributed by atoms with Crippen LogP contribution in [-0.2, 0) is 14.4 Å². The number of carbonyl (C=O) groups is 3. The predicted molar refractivity (Wildman–Crippen MR) is 150 cm³/mol. The molecule has 13 heteroatoms. The van der Waals surface area contributed by atoms with Gasteiger partial charge < -0.3 is 10.4 Å². The fraction of sp³-hybridized carbons (Fsp3) is 0.267. The molecule has 2 N–H and O–H groups in total. The molecule has 0 bridgehead atoms. The molecule has 0 radical (unpaired) electrons. The maximum Gasteiger partial charge on any atom is 0.257 e. The monoisotopic (exact) mass is 604 g/mol. The van der Waals surface area contributed by atoms with Gasteiger partial charge in [0, 0.05) is 47.8 Å². The SMILES string of the molecule is N#Cc1cccc(N(C(=O)[C@@H]2C[C@@H](O)C(=O)N2c2cc(C#N)ccn2)C(C(=O)NC2CC(F)(F)C2)c2ccccc2Cl)c1. The summed E-state index contributed by atoms with van der Waals surface area (Å²) in [4.78, 5) is 47.8. The van der Waals surface area contributed by atoms with E-state index in [9.17, 15) is 38.8 Å². The minimum absolute atomic E-state index is 0.0693. The number of halogens is 3. The van der Waals surface area contributed by atoms with Crippen molar-refractivity contribution in [2.24, 2.45) is 0 Å². The minimum Gasteiger partial charge on any atom is -0.383 e. The second-order valence-corrected chi connectivity index (χ2v) is 10.7. The molecule has 1 aliphatic carbocycles. The zero-order valence-corrected chi connectivity index (χ0v) is 23.1. The highest BCUT2D eigenvalue weighted by atomic mass is 35.5. The Kier molecular flexibility index (Phi) is 8.09. The number of nitrogens with one attached hydrogen (secondary N) is 1. The van der Waals surface area contributed by atoms with Gasteiger partial charge in [0.1, 0.15) is 24.0 Å². The molecule has 1 saturated carbocycles. The zero-order valence-electron chi connectivity index (χ0n) is 22.3. The molecule has 1 aliphatic heterocycles. The van der Waals surface area contributed by atoms with E-state index < -0.39 is 60.7 Å². The average molecular weight is 605 g/mol. The van der Waals surface area contributed by atoms with Crippen LogP contribution in [0.3, 0.4) is 0 Å². The van der Waals surface area contributed by atoms with Gasteiger partial charge in [0.2, 0.25) is 5.91 Å². The maximum absolute atomic E-state index is 14.6. The summed E-state index contributed by atoms with van der Waals surface area (Å²) in [6, 6.07) is 14.8. The number of nitriles is 2. The third-order valence-corrected chi connectivity index (χ3v) is 7.67. The summed E-state index contributed by atoms with van der Waals surface area (Å²) in [5, 5.41) is 32.2. The predicted octanol–water partition coefficient (Wildman–Crippen LogP) is 3.63. The smallest absolute Gasteiger partial charge is 0.257 e. The lowest BCUT2D eigenvalue weighted by atomic mass is 9.87. The van der Waals surface area contributed by atoms with Crippen molar-refractivity contribution in [1.82, 2.24) is 10.3 Å². The normalized spacial score (nSPS) is 20.0. The Morgan fingerprint density at radius 3 is 2.47 bits per heavy atom. The van der Waals surface area contributed by atoms with Gasteiger partial charge in [0.05, 0.1) is 23.3 Å². The highest BCUT2D eigenvalue weighted by molar-refractivity contribution is 6.31. The topological polar surface area (TPSA) is 150 Å². The molecule has 3 aromatic rings. The summed E-state index contributed by atoms with van der Waals surface area (Å²) in [6.07, 6.45) is -1.86. The summed E-state index contributed by atoms with van der Waals surface area (Å²) >= 11 is 6.52. The first-order valence-electron chi connectivity index (χ1n) is 13.2. The molecule has 10 nitrogen and oxygen atoms in total.